The quantitative estimate of drug-likeness (QED) is 0.759. The molecule has 14 heavy (non-hydrogen) atoms. The summed E-state index contributed by atoms with van der Waals surface area (Å²) in [7, 11) is 0. The summed E-state index contributed by atoms with van der Waals surface area (Å²) in [6, 6.07) is 5.55. The zero-order chi connectivity index (χ0) is 10.1. The SMILES string of the molecule is Cc1c(Cl)cccc1-c1n[nH]c(=S)o1. The summed E-state index contributed by atoms with van der Waals surface area (Å²) < 4.78 is 5.19. The number of halogens is 1. The van der Waals surface area contributed by atoms with Crippen molar-refractivity contribution in [3.05, 3.63) is 33.6 Å². The molecule has 0 atom stereocenters. The van der Waals surface area contributed by atoms with Gasteiger partial charge in [-0.3, -0.25) is 0 Å². The van der Waals surface area contributed by atoms with E-state index in [0.717, 1.165) is 11.1 Å². The van der Waals surface area contributed by atoms with Crippen LogP contribution in [0.15, 0.2) is 22.6 Å². The average molecular weight is 227 g/mol. The van der Waals surface area contributed by atoms with Crippen LogP contribution in [0.4, 0.5) is 0 Å². The Kier molecular flexibility index (Phi) is 2.39. The predicted molar refractivity (Wildman–Crippen MR) is 56.9 cm³/mol. The van der Waals surface area contributed by atoms with E-state index >= 15 is 0 Å². The lowest BCUT2D eigenvalue weighted by atomic mass is 10.1. The van der Waals surface area contributed by atoms with Crippen molar-refractivity contribution in [2.24, 2.45) is 0 Å². The van der Waals surface area contributed by atoms with Gasteiger partial charge in [0.25, 0.3) is 4.84 Å². The number of hydrogen-bond donors (Lipinski definition) is 1. The van der Waals surface area contributed by atoms with Crippen molar-refractivity contribution in [3.8, 4) is 11.5 Å². The van der Waals surface area contributed by atoms with E-state index in [2.05, 4.69) is 10.2 Å². The standard InChI is InChI=1S/C9H7ClN2OS/c1-5-6(3-2-4-7(5)10)8-11-12-9(14)13-8/h2-4H,1H3,(H,12,14). The van der Waals surface area contributed by atoms with Gasteiger partial charge in [-0.2, -0.15) is 0 Å². The van der Waals surface area contributed by atoms with Gasteiger partial charge in [0.1, 0.15) is 0 Å². The molecule has 2 rings (SSSR count). The first-order valence-electron chi connectivity index (χ1n) is 3.99. The summed E-state index contributed by atoms with van der Waals surface area (Å²) in [6.45, 7) is 1.91. The van der Waals surface area contributed by atoms with E-state index in [0.29, 0.717) is 10.9 Å². The van der Waals surface area contributed by atoms with Crippen LogP contribution in [0.25, 0.3) is 11.5 Å². The monoisotopic (exact) mass is 226 g/mol. The summed E-state index contributed by atoms with van der Waals surface area (Å²) in [5, 5.41) is 7.19. The molecule has 1 N–H and O–H groups in total. The highest BCUT2D eigenvalue weighted by atomic mass is 35.5. The molecule has 1 aromatic carbocycles. The van der Waals surface area contributed by atoms with Crippen LogP contribution in [0.2, 0.25) is 5.02 Å². The number of benzene rings is 1. The minimum absolute atomic E-state index is 0.263. The number of nitrogens with one attached hydrogen (secondary N) is 1. The fourth-order valence-electron chi connectivity index (χ4n) is 1.18. The molecule has 0 amide bonds. The van der Waals surface area contributed by atoms with E-state index in [1.54, 1.807) is 0 Å². The van der Waals surface area contributed by atoms with Crippen LogP contribution in [-0.4, -0.2) is 10.2 Å². The topological polar surface area (TPSA) is 41.8 Å². The lowest BCUT2D eigenvalue weighted by Gasteiger charge is -2.01. The normalized spacial score (nSPS) is 10.4. The Labute approximate surface area is 90.7 Å². The molecule has 72 valence electrons. The molecule has 0 aliphatic heterocycles. The summed E-state index contributed by atoms with van der Waals surface area (Å²) in [4.78, 5) is 0.263. The summed E-state index contributed by atoms with van der Waals surface area (Å²) in [5.41, 5.74) is 1.78. The zero-order valence-corrected chi connectivity index (χ0v) is 8.95. The predicted octanol–water partition coefficient (Wildman–Crippen LogP) is 3.36. The van der Waals surface area contributed by atoms with Crippen LogP contribution in [0.3, 0.4) is 0 Å². The fourth-order valence-corrected chi connectivity index (χ4v) is 1.48. The third kappa shape index (κ3) is 1.58. The molecule has 0 spiro atoms. The molecular formula is C9H7ClN2OS. The van der Waals surface area contributed by atoms with E-state index < -0.39 is 0 Å². The lowest BCUT2D eigenvalue weighted by molar-refractivity contribution is 0.551. The Morgan fingerprint density at radius 2 is 2.29 bits per heavy atom. The number of nitrogens with zero attached hydrogens (tertiary/aromatic N) is 1. The van der Waals surface area contributed by atoms with Crippen molar-refractivity contribution < 1.29 is 4.42 Å². The van der Waals surface area contributed by atoms with Crippen LogP contribution in [0.1, 0.15) is 5.56 Å². The molecule has 0 radical (unpaired) electrons. The van der Waals surface area contributed by atoms with Crippen LogP contribution < -0.4 is 0 Å². The van der Waals surface area contributed by atoms with Gasteiger partial charge in [-0.25, -0.2) is 5.10 Å². The second kappa shape index (κ2) is 3.55. The minimum atomic E-state index is 0.263. The van der Waals surface area contributed by atoms with Crippen molar-refractivity contribution >= 4 is 23.8 Å². The molecule has 0 saturated heterocycles. The molecule has 0 unspecified atom stereocenters. The van der Waals surface area contributed by atoms with Crippen molar-refractivity contribution in [2.75, 3.05) is 0 Å². The first-order chi connectivity index (χ1) is 6.68. The van der Waals surface area contributed by atoms with E-state index in [-0.39, 0.29) is 4.84 Å². The first kappa shape index (κ1) is 9.43. The molecule has 3 nitrogen and oxygen atoms in total. The average Bonchev–Trinajstić information content (AvgIpc) is 2.57. The highest BCUT2D eigenvalue weighted by Gasteiger charge is 2.08. The van der Waals surface area contributed by atoms with Crippen LogP contribution in [0, 0.1) is 11.8 Å². The third-order valence-electron chi connectivity index (χ3n) is 1.94. The van der Waals surface area contributed by atoms with Crippen molar-refractivity contribution in [1.82, 2.24) is 10.2 Å². The summed E-state index contributed by atoms with van der Waals surface area (Å²) in [5.74, 6) is 0.468. The van der Waals surface area contributed by atoms with Gasteiger partial charge >= 0.3 is 0 Å². The van der Waals surface area contributed by atoms with Gasteiger partial charge in [-0.15, -0.1) is 5.10 Å². The third-order valence-corrected chi connectivity index (χ3v) is 2.52. The van der Waals surface area contributed by atoms with E-state index in [9.17, 15) is 0 Å². The largest absolute Gasteiger partial charge is 0.409 e. The number of hydrogen-bond acceptors (Lipinski definition) is 3. The van der Waals surface area contributed by atoms with Gasteiger partial charge in [-0.05, 0) is 36.8 Å². The number of aromatic amines is 1. The Hall–Kier alpha value is -1.13. The molecule has 1 heterocycles. The van der Waals surface area contributed by atoms with Crippen LogP contribution in [0.5, 0.6) is 0 Å². The fraction of sp³-hybridized carbons (Fsp3) is 0.111. The Morgan fingerprint density at radius 3 is 2.93 bits per heavy atom. The molecule has 0 aliphatic rings. The smallest absolute Gasteiger partial charge is 0.284 e. The maximum Gasteiger partial charge on any atom is 0.284 e. The summed E-state index contributed by atoms with van der Waals surface area (Å²) >= 11 is 10.8. The van der Waals surface area contributed by atoms with E-state index in [1.165, 1.54) is 0 Å². The Morgan fingerprint density at radius 1 is 1.50 bits per heavy atom. The molecular weight excluding hydrogens is 220 g/mol. The van der Waals surface area contributed by atoms with Crippen LogP contribution in [-0.2, 0) is 0 Å². The molecule has 1 aromatic heterocycles. The maximum atomic E-state index is 5.96. The Bertz CT molecular complexity index is 518. The van der Waals surface area contributed by atoms with E-state index in [4.69, 9.17) is 28.2 Å². The highest BCUT2D eigenvalue weighted by Crippen LogP contribution is 2.26. The molecule has 0 saturated carbocycles. The van der Waals surface area contributed by atoms with E-state index in [1.807, 2.05) is 25.1 Å². The number of rotatable bonds is 1. The van der Waals surface area contributed by atoms with Crippen molar-refractivity contribution in [3.63, 3.8) is 0 Å². The molecule has 2 aromatic rings. The number of aromatic nitrogens is 2. The van der Waals surface area contributed by atoms with Crippen molar-refractivity contribution in [1.29, 1.82) is 0 Å². The highest BCUT2D eigenvalue weighted by molar-refractivity contribution is 7.71. The molecule has 0 aliphatic carbocycles. The minimum Gasteiger partial charge on any atom is -0.409 e. The van der Waals surface area contributed by atoms with Gasteiger partial charge in [0.15, 0.2) is 0 Å². The Balaban J connectivity index is 2.62. The van der Waals surface area contributed by atoms with Gasteiger partial charge in [0.2, 0.25) is 5.89 Å². The maximum absolute atomic E-state index is 5.96. The van der Waals surface area contributed by atoms with Gasteiger partial charge < -0.3 is 4.42 Å². The first-order valence-corrected chi connectivity index (χ1v) is 4.78. The lowest BCUT2D eigenvalue weighted by Crippen LogP contribution is -1.84. The zero-order valence-electron chi connectivity index (χ0n) is 7.37. The van der Waals surface area contributed by atoms with Gasteiger partial charge in [-0.1, -0.05) is 17.7 Å². The second-order valence-electron chi connectivity index (χ2n) is 2.83. The molecule has 0 bridgehead atoms. The second-order valence-corrected chi connectivity index (χ2v) is 3.61. The van der Waals surface area contributed by atoms with Gasteiger partial charge in [0, 0.05) is 10.6 Å². The molecule has 5 heteroatoms. The summed E-state index contributed by atoms with van der Waals surface area (Å²) in [6.07, 6.45) is 0. The molecule has 0 fully saturated rings. The van der Waals surface area contributed by atoms with Crippen LogP contribution >= 0.6 is 23.8 Å². The van der Waals surface area contributed by atoms with Gasteiger partial charge in [0.05, 0.1) is 0 Å². The van der Waals surface area contributed by atoms with Crippen molar-refractivity contribution in [2.45, 2.75) is 6.92 Å². The number of H-pyrrole nitrogens is 1.